The second-order valence-corrected chi connectivity index (χ2v) is 7.34. The lowest BCUT2D eigenvalue weighted by Gasteiger charge is -2.46. The Balaban J connectivity index is 1.81. The third-order valence-electron chi connectivity index (χ3n) is 4.74. The summed E-state index contributed by atoms with van der Waals surface area (Å²) in [6.45, 7) is 7.16. The van der Waals surface area contributed by atoms with Crippen molar-refractivity contribution >= 4 is 15.9 Å². The first-order chi connectivity index (χ1) is 9.69. The molecule has 1 N–H and O–H groups in total. The van der Waals surface area contributed by atoms with Crippen molar-refractivity contribution in [2.75, 3.05) is 19.6 Å². The summed E-state index contributed by atoms with van der Waals surface area (Å²) in [5.41, 5.74) is 1.76. The second-order valence-electron chi connectivity index (χ2n) is 6.22. The average molecular weight is 335 g/mol. The average Bonchev–Trinajstić information content (AvgIpc) is 2.87. The number of nitrogens with zero attached hydrogens (tertiary/aromatic N) is 1. The van der Waals surface area contributed by atoms with Gasteiger partial charge in [-0.25, -0.2) is 0 Å². The molecule has 1 unspecified atom stereocenters. The maximum absolute atomic E-state index is 4.05. The first-order valence-corrected chi connectivity index (χ1v) is 8.35. The minimum Gasteiger partial charge on any atom is -0.308 e. The molecular weight excluding hydrogens is 312 g/mol. The molecule has 3 heteroatoms. The van der Waals surface area contributed by atoms with Crippen LogP contribution in [0.15, 0.2) is 41.4 Å². The number of benzene rings is 1. The van der Waals surface area contributed by atoms with Crippen LogP contribution in [0.2, 0.25) is 0 Å². The molecule has 0 bridgehead atoms. The zero-order valence-electron chi connectivity index (χ0n) is 11.9. The molecule has 1 saturated heterocycles. The molecule has 0 radical (unpaired) electrons. The fraction of sp³-hybridized carbons (Fsp3) is 0.529. The van der Waals surface area contributed by atoms with Crippen molar-refractivity contribution in [3.05, 3.63) is 47.0 Å². The molecular formula is C17H23BrN2. The largest absolute Gasteiger partial charge is 0.308 e. The van der Waals surface area contributed by atoms with Gasteiger partial charge in [-0.2, -0.15) is 0 Å². The van der Waals surface area contributed by atoms with Crippen LogP contribution in [0.5, 0.6) is 0 Å². The number of nitrogens with one attached hydrogen (secondary N) is 1. The van der Waals surface area contributed by atoms with E-state index in [4.69, 9.17) is 0 Å². The van der Waals surface area contributed by atoms with E-state index < -0.39 is 0 Å². The summed E-state index contributed by atoms with van der Waals surface area (Å²) in [5.74, 6) is 0. The number of halogens is 1. The summed E-state index contributed by atoms with van der Waals surface area (Å²) in [4.78, 5) is 2.59. The van der Waals surface area contributed by atoms with Crippen LogP contribution >= 0.6 is 15.9 Å². The van der Waals surface area contributed by atoms with Gasteiger partial charge >= 0.3 is 0 Å². The standard InChI is InChI=1S/C17H23BrN2/c1-14(18)12-20-13-17(9-5-6-10-17)19-11-16(20)15-7-3-2-4-8-15/h2-4,7-8,16,19H,1,5-6,9-13H2. The van der Waals surface area contributed by atoms with Crippen LogP contribution in [-0.2, 0) is 0 Å². The van der Waals surface area contributed by atoms with Gasteiger partial charge in [0, 0.05) is 35.7 Å². The zero-order valence-corrected chi connectivity index (χ0v) is 13.5. The van der Waals surface area contributed by atoms with E-state index in [2.05, 4.69) is 63.1 Å². The van der Waals surface area contributed by atoms with Gasteiger partial charge in [-0.15, -0.1) is 0 Å². The summed E-state index contributed by atoms with van der Waals surface area (Å²) >= 11 is 3.55. The van der Waals surface area contributed by atoms with Gasteiger partial charge in [-0.3, -0.25) is 4.90 Å². The molecule has 0 aromatic heterocycles. The topological polar surface area (TPSA) is 15.3 Å². The summed E-state index contributed by atoms with van der Waals surface area (Å²) in [7, 11) is 0. The molecule has 2 aliphatic rings. The first-order valence-electron chi connectivity index (χ1n) is 7.56. The van der Waals surface area contributed by atoms with Crippen LogP contribution in [0.4, 0.5) is 0 Å². The fourth-order valence-corrected chi connectivity index (χ4v) is 4.10. The number of hydrogen-bond donors (Lipinski definition) is 1. The molecule has 2 nitrogen and oxygen atoms in total. The van der Waals surface area contributed by atoms with Gasteiger partial charge < -0.3 is 5.32 Å². The minimum absolute atomic E-state index is 0.355. The molecule has 1 aromatic rings. The van der Waals surface area contributed by atoms with Crippen LogP contribution in [0, 0.1) is 0 Å². The molecule has 1 aliphatic carbocycles. The Morgan fingerprint density at radius 1 is 1.30 bits per heavy atom. The minimum atomic E-state index is 0.355. The highest BCUT2D eigenvalue weighted by Crippen LogP contribution is 2.37. The Bertz CT molecular complexity index is 465. The smallest absolute Gasteiger partial charge is 0.0477 e. The summed E-state index contributed by atoms with van der Waals surface area (Å²) in [5, 5.41) is 3.86. The van der Waals surface area contributed by atoms with E-state index in [0.717, 1.165) is 24.1 Å². The molecule has 1 saturated carbocycles. The third kappa shape index (κ3) is 3.00. The van der Waals surface area contributed by atoms with Gasteiger partial charge in [-0.1, -0.05) is 65.7 Å². The first kappa shape index (κ1) is 14.3. The lowest BCUT2D eigenvalue weighted by molar-refractivity contribution is 0.0909. The van der Waals surface area contributed by atoms with E-state index in [1.54, 1.807) is 0 Å². The van der Waals surface area contributed by atoms with Gasteiger partial charge in [-0.05, 0) is 18.4 Å². The molecule has 108 valence electrons. The van der Waals surface area contributed by atoms with Gasteiger partial charge in [0.2, 0.25) is 0 Å². The Labute approximate surface area is 130 Å². The highest BCUT2D eigenvalue weighted by molar-refractivity contribution is 9.11. The van der Waals surface area contributed by atoms with E-state index in [0.29, 0.717) is 11.6 Å². The lowest BCUT2D eigenvalue weighted by atomic mass is 9.90. The van der Waals surface area contributed by atoms with E-state index in [9.17, 15) is 0 Å². The molecule has 1 spiro atoms. The Hall–Kier alpha value is -0.640. The van der Waals surface area contributed by atoms with Crippen LogP contribution in [-0.4, -0.2) is 30.1 Å². The van der Waals surface area contributed by atoms with Gasteiger partial charge in [0.05, 0.1) is 0 Å². The molecule has 20 heavy (non-hydrogen) atoms. The molecule has 1 aliphatic heterocycles. The quantitative estimate of drug-likeness (QED) is 0.902. The second kappa shape index (κ2) is 6.00. The number of hydrogen-bond acceptors (Lipinski definition) is 2. The Morgan fingerprint density at radius 3 is 2.65 bits per heavy atom. The molecule has 0 amide bonds. The molecule has 1 aromatic carbocycles. The van der Waals surface area contributed by atoms with Crippen molar-refractivity contribution in [3.8, 4) is 0 Å². The summed E-state index contributed by atoms with van der Waals surface area (Å²) < 4.78 is 1.08. The van der Waals surface area contributed by atoms with Gasteiger partial charge in [0.25, 0.3) is 0 Å². The van der Waals surface area contributed by atoms with Crippen molar-refractivity contribution in [1.29, 1.82) is 0 Å². The van der Waals surface area contributed by atoms with Crippen LogP contribution in [0.1, 0.15) is 37.3 Å². The molecule has 1 atom stereocenters. The Kier molecular flexibility index (Phi) is 4.29. The monoisotopic (exact) mass is 334 g/mol. The third-order valence-corrected chi connectivity index (χ3v) is 4.99. The van der Waals surface area contributed by atoms with E-state index in [1.807, 2.05) is 0 Å². The number of rotatable bonds is 3. The van der Waals surface area contributed by atoms with Gasteiger partial charge in [0.1, 0.15) is 0 Å². The van der Waals surface area contributed by atoms with E-state index in [1.165, 1.54) is 31.2 Å². The van der Waals surface area contributed by atoms with Crippen molar-refractivity contribution in [2.24, 2.45) is 0 Å². The number of piperazine rings is 1. The van der Waals surface area contributed by atoms with Crippen molar-refractivity contribution in [1.82, 2.24) is 10.2 Å². The predicted octanol–water partition coefficient (Wildman–Crippen LogP) is 3.85. The molecule has 1 heterocycles. The van der Waals surface area contributed by atoms with E-state index >= 15 is 0 Å². The normalized spacial score (nSPS) is 25.9. The summed E-state index contributed by atoms with van der Waals surface area (Å²) in [6.07, 6.45) is 5.37. The van der Waals surface area contributed by atoms with Crippen molar-refractivity contribution in [2.45, 2.75) is 37.3 Å². The van der Waals surface area contributed by atoms with Crippen LogP contribution in [0.25, 0.3) is 0 Å². The van der Waals surface area contributed by atoms with Crippen LogP contribution < -0.4 is 5.32 Å². The SMILES string of the molecule is C=C(Br)CN1CC2(CCCC2)NCC1c1ccccc1. The van der Waals surface area contributed by atoms with E-state index in [-0.39, 0.29) is 0 Å². The van der Waals surface area contributed by atoms with Gasteiger partial charge in [0.15, 0.2) is 0 Å². The Morgan fingerprint density at radius 2 is 2.00 bits per heavy atom. The highest BCUT2D eigenvalue weighted by atomic mass is 79.9. The van der Waals surface area contributed by atoms with Crippen molar-refractivity contribution < 1.29 is 0 Å². The molecule has 3 rings (SSSR count). The predicted molar refractivity (Wildman–Crippen MR) is 88.0 cm³/mol. The highest BCUT2D eigenvalue weighted by Gasteiger charge is 2.41. The van der Waals surface area contributed by atoms with Crippen LogP contribution in [0.3, 0.4) is 0 Å². The lowest BCUT2D eigenvalue weighted by Crippen LogP contribution is -2.60. The summed E-state index contributed by atoms with van der Waals surface area (Å²) in [6, 6.07) is 11.3. The maximum atomic E-state index is 4.05. The zero-order chi connectivity index (χ0) is 14.0. The molecule has 2 fully saturated rings. The fourth-order valence-electron chi connectivity index (χ4n) is 3.77. The maximum Gasteiger partial charge on any atom is 0.0477 e. The van der Waals surface area contributed by atoms with Crippen molar-refractivity contribution in [3.63, 3.8) is 0 Å².